The number of rotatable bonds is 4. The summed E-state index contributed by atoms with van der Waals surface area (Å²) < 4.78 is 31.0. The Bertz CT molecular complexity index is 131. The predicted octanol–water partition coefficient (Wildman–Crippen LogP) is 0.709. The average Bonchev–Trinajstić information content (AvgIpc) is 1.82. The van der Waals surface area contributed by atoms with Gasteiger partial charge in [-0.2, -0.15) is 8.78 Å². The molecule has 0 aliphatic carbocycles. The molecule has 0 saturated heterocycles. The van der Waals surface area contributed by atoms with Crippen LogP contribution in [0.5, 0.6) is 0 Å². The maximum absolute atomic E-state index is 11.4. The second-order valence-electron chi connectivity index (χ2n) is 1.84. The Morgan fingerprint density at radius 3 is 2.55 bits per heavy atom. The first kappa shape index (κ1) is 10.1. The first-order valence-corrected chi connectivity index (χ1v) is 2.88. The van der Waals surface area contributed by atoms with Crippen LogP contribution < -0.4 is 5.73 Å². The van der Waals surface area contributed by atoms with E-state index in [0.717, 1.165) is 0 Å². The van der Waals surface area contributed by atoms with Gasteiger partial charge in [0.05, 0.1) is 6.10 Å². The zero-order chi connectivity index (χ0) is 8.85. The Hall–Kier alpha value is -0.910. The van der Waals surface area contributed by atoms with Crippen LogP contribution in [-0.2, 0) is 9.47 Å². The van der Waals surface area contributed by atoms with Crippen molar-refractivity contribution in [2.75, 3.05) is 6.61 Å². The molecule has 11 heavy (non-hydrogen) atoms. The molecule has 0 aliphatic heterocycles. The van der Waals surface area contributed by atoms with Crippen molar-refractivity contribution in [2.45, 2.75) is 19.6 Å². The SMILES string of the molecule is CC(COC(N)=O)OC(F)F. The Morgan fingerprint density at radius 2 is 2.18 bits per heavy atom. The second kappa shape index (κ2) is 4.84. The summed E-state index contributed by atoms with van der Waals surface area (Å²) in [6.07, 6.45) is -1.85. The van der Waals surface area contributed by atoms with E-state index < -0.39 is 18.8 Å². The number of ether oxygens (including phenoxy) is 2. The molecule has 1 amide bonds. The minimum absolute atomic E-state index is 0.264. The minimum Gasteiger partial charge on any atom is -0.447 e. The molecule has 0 aliphatic rings. The summed E-state index contributed by atoms with van der Waals surface area (Å²) in [6.45, 7) is -1.78. The largest absolute Gasteiger partial charge is 0.447 e. The summed E-state index contributed by atoms with van der Waals surface area (Å²) in [7, 11) is 0. The lowest BCUT2D eigenvalue weighted by atomic mass is 10.4. The first-order chi connectivity index (χ1) is 5.02. The normalized spacial score (nSPS) is 13.1. The van der Waals surface area contributed by atoms with Crippen molar-refractivity contribution in [3.8, 4) is 0 Å². The smallest absolute Gasteiger partial charge is 0.404 e. The van der Waals surface area contributed by atoms with Crippen LogP contribution in [0.3, 0.4) is 0 Å². The van der Waals surface area contributed by atoms with Crippen molar-refractivity contribution in [2.24, 2.45) is 5.73 Å². The summed E-state index contributed by atoms with van der Waals surface area (Å²) in [4.78, 5) is 9.95. The van der Waals surface area contributed by atoms with E-state index in [9.17, 15) is 13.6 Å². The molecule has 0 aromatic rings. The molecule has 0 aromatic heterocycles. The molecule has 0 aromatic carbocycles. The van der Waals surface area contributed by atoms with E-state index in [1.54, 1.807) is 0 Å². The monoisotopic (exact) mass is 169 g/mol. The topological polar surface area (TPSA) is 61.5 Å². The van der Waals surface area contributed by atoms with Crippen molar-refractivity contribution < 1.29 is 23.0 Å². The van der Waals surface area contributed by atoms with E-state index >= 15 is 0 Å². The van der Waals surface area contributed by atoms with Crippen molar-refractivity contribution >= 4 is 6.09 Å². The van der Waals surface area contributed by atoms with Crippen LogP contribution in [0.1, 0.15) is 6.92 Å². The van der Waals surface area contributed by atoms with Gasteiger partial charge in [0.25, 0.3) is 0 Å². The molecule has 1 atom stereocenters. The van der Waals surface area contributed by atoms with Gasteiger partial charge in [-0.3, -0.25) is 0 Å². The van der Waals surface area contributed by atoms with Crippen molar-refractivity contribution in [3.63, 3.8) is 0 Å². The summed E-state index contributed by atoms with van der Waals surface area (Å²) in [6, 6.07) is 0. The fourth-order valence-corrected chi connectivity index (χ4v) is 0.414. The number of carbonyl (C=O) groups excluding carboxylic acids is 1. The number of hydrogen-bond donors (Lipinski definition) is 1. The highest BCUT2D eigenvalue weighted by Crippen LogP contribution is 2.00. The molecule has 1 unspecified atom stereocenters. The Balaban J connectivity index is 3.37. The standard InChI is InChI=1S/C5H9F2NO3/c1-3(11-4(6)7)2-10-5(8)9/h3-4H,2H2,1H3,(H2,8,9). The van der Waals surface area contributed by atoms with Crippen LogP contribution in [0, 0.1) is 0 Å². The third kappa shape index (κ3) is 6.98. The highest BCUT2D eigenvalue weighted by Gasteiger charge is 2.10. The zero-order valence-corrected chi connectivity index (χ0v) is 5.92. The van der Waals surface area contributed by atoms with Crippen LogP contribution >= 0.6 is 0 Å². The molecule has 0 bridgehead atoms. The summed E-state index contributed by atoms with van der Waals surface area (Å²) in [5.74, 6) is 0. The number of amides is 1. The number of hydrogen-bond acceptors (Lipinski definition) is 3. The minimum atomic E-state index is -2.86. The number of primary amides is 1. The molecule has 6 heteroatoms. The van der Waals surface area contributed by atoms with E-state index in [1.807, 2.05) is 0 Å². The Kier molecular flexibility index (Phi) is 4.44. The van der Waals surface area contributed by atoms with Gasteiger partial charge in [-0.1, -0.05) is 0 Å². The van der Waals surface area contributed by atoms with Gasteiger partial charge in [-0.15, -0.1) is 0 Å². The van der Waals surface area contributed by atoms with E-state index in [2.05, 4.69) is 15.2 Å². The van der Waals surface area contributed by atoms with Gasteiger partial charge < -0.3 is 15.2 Å². The zero-order valence-electron chi connectivity index (χ0n) is 5.92. The highest BCUT2D eigenvalue weighted by molar-refractivity contribution is 5.64. The Labute approximate surface area is 62.3 Å². The van der Waals surface area contributed by atoms with Crippen molar-refractivity contribution in [1.82, 2.24) is 0 Å². The predicted molar refractivity (Wildman–Crippen MR) is 32.1 cm³/mol. The first-order valence-electron chi connectivity index (χ1n) is 2.88. The van der Waals surface area contributed by atoms with Gasteiger partial charge in [-0.25, -0.2) is 4.79 Å². The molecule has 66 valence electrons. The fourth-order valence-electron chi connectivity index (χ4n) is 0.414. The molecule has 0 fully saturated rings. The molecule has 0 rings (SSSR count). The molecule has 4 nitrogen and oxygen atoms in total. The van der Waals surface area contributed by atoms with Gasteiger partial charge in [0, 0.05) is 0 Å². The lowest BCUT2D eigenvalue weighted by molar-refractivity contribution is -0.166. The van der Waals surface area contributed by atoms with Gasteiger partial charge in [0.2, 0.25) is 0 Å². The van der Waals surface area contributed by atoms with Gasteiger partial charge >= 0.3 is 12.7 Å². The van der Waals surface area contributed by atoms with Crippen LogP contribution in [-0.4, -0.2) is 25.4 Å². The lowest BCUT2D eigenvalue weighted by Gasteiger charge is -2.10. The summed E-state index contributed by atoms with van der Waals surface area (Å²) >= 11 is 0. The van der Waals surface area contributed by atoms with Crippen molar-refractivity contribution in [1.29, 1.82) is 0 Å². The van der Waals surface area contributed by atoms with E-state index in [0.29, 0.717) is 0 Å². The number of carbonyl (C=O) groups is 1. The van der Waals surface area contributed by atoms with Gasteiger partial charge in [-0.05, 0) is 6.92 Å². The van der Waals surface area contributed by atoms with Crippen molar-refractivity contribution in [3.05, 3.63) is 0 Å². The third-order valence-corrected chi connectivity index (χ3v) is 0.795. The number of alkyl halides is 2. The van der Waals surface area contributed by atoms with Crippen LogP contribution in [0.25, 0.3) is 0 Å². The maximum Gasteiger partial charge on any atom is 0.404 e. The van der Waals surface area contributed by atoms with Crippen LogP contribution in [0.15, 0.2) is 0 Å². The maximum atomic E-state index is 11.4. The fraction of sp³-hybridized carbons (Fsp3) is 0.800. The molecule has 0 heterocycles. The lowest BCUT2D eigenvalue weighted by Crippen LogP contribution is -2.23. The molecular weight excluding hydrogens is 160 g/mol. The molecule has 0 saturated carbocycles. The summed E-state index contributed by atoms with van der Waals surface area (Å²) in [5.41, 5.74) is 4.57. The quantitative estimate of drug-likeness (QED) is 0.674. The Morgan fingerprint density at radius 1 is 1.64 bits per heavy atom. The highest BCUT2D eigenvalue weighted by atomic mass is 19.3. The second-order valence-corrected chi connectivity index (χ2v) is 1.84. The van der Waals surface area contributed by atoms with Crippen LogP contribution in [0.4, 0.5) is 13.6 Å². The molecule has 0 radical (unpaired) electrons. The van der Waals surface area contributed by atoms with Crippen LogP contribution in [0.2, 0.25) is 0 Å². The molecule has 2 N–H and O–H groups in total. The van der Waals surface area contributed by atoms with Gasteiger partial charge in [0.15, 0.2) is 0 Å². The van der Waals surface area contributed by atoms with E-state index in [-0.39, 0.29) is 6.61 Å². The number of halogens is 2. The average molecular weight is 169 g/mol. The molecular formula is C5H9F2NO3. The third-order valence-electron chi connectivity index (χ3n) is 0.795. The number of nitrogens with two attached hydrogens (primary N) is 1. The molecule has 0 spiro atoms. The summed E-state index contributed by atoms with van der Waals surface area (Å²) in [5, 5.41) is 0. The van der Waals surface area contributed by atoms with E-state index in [1.165, 1.54) is 6.92 Å². The van der Waals surface area contributed by atoms with E-state index in [4.69, 9.17) is 0 Å². The van der Waals surface area contributed by atoms with Gasteiger partial charge in [0.1, 0.15) is 6.61 Å².